The van der Waals surface area contributed by atoms with Gasteiger partial charge in [-0.3, -0.25) is 19.4 Å². The molecule has 6 unspecified atom stereocenters. The molecular weight excluding hydrogens is 494 g/mol. The van der Waals surface area contributed by atoms with Gasteiger partial charge in [-0.1, -0.05) is 40.5 Å². The van der Waals surface area contributed by atoms with E-state index in [9.17, 15) is 24.3 Å². The number of imidazole rings is 1. The Labute approximate surface area is 223 Å². The van der Waals surface area contributed by atoms with E-state index in [1.54, 1.807) is 6.92 Å². The van der Waals surface area contributed by atoms with E-state index in [0.29, 0.717) is 25.0 Å². The fraction of sp³-hybridized carbons (Fsp3) is 0.667. The molecule has 0 fully saturated rings. The van der Waals surface area contributed by atoms with Gasteiger partial charge in [-0.2, -0.15) is 0 Å². The second-order valence-corrected chi connectivity index (χ2v) is 9.47. The Morgan fingerprint density at radius 3 is 2.16 bits per heavy atom. The number of rotatable bonds is 17. The largest absolute Gasteiger partial charge is 0.480 e. The Morgan fingerprint density at radius 2 is 1.63 bits per heavy atom. The Kier molecular flexibility index (Phi) is 13.8. The number of carboxylic acids is 1. The monoisotopic (exact) mass is 537 g/mol. The summed E-state index contributed by atoms with van der Waals surface area (Å²) in [7, 11) is 0. The molecule has 38 heavy (non-hydrogen) atoms. The molecule has 6 atom stereocenters. The molecule has 0 spiro atoms. The second kappa shape index (κ2) is 16.2. The van der Waals surface area contributed by atoms with Crippen LogP contribution in [0.4, 0.5) is 0 Å². The third kappa shape index (κ3) is 10.7. The lowest BCUT2D eigenvalue weighted by molar-refractivity contribution is -0.142. The van der Waals surface area contributed by atoms with Gasteiger partial charge in [0.25, 0.3) is 0 Å². The molecule has 1 heterocycles. The normalized spacial score (nSPS) is 15.7. The molecule has 214 valence electrons. The number of aromatic amines is 1. The van der Waals surface area contributed by atoms with Crippen LogP contribution in [-0.4, -0.2) is 75.4 Å². The third-order valence-electron chi connectivity index (χ3n) is 6.52. The summed E-state index contributed by atoms with van der Waals surface area (Å²) in [5.74, 6) is -3.50. The summed E-state index contributed by atoms with van der Waals surface area (Å²) in [6.45, 7) is 7.59. The number of nitrogens with zero attached hydrogens (tertiary/aromatic N) is 2. The van der Waals surface area contributed by atoms with Gasteiger partial charge >= 0.3 is 5.97 Å². The lowest BCUT2D eigenvalue weighted by Crippen LogP contribution is -2.59. The summed E-state index contributed by atoms with van der Waals surface area (Å²) in [6.07, 6.45) is 4.63. The van der Waals surface area contributed by atoms with E-state index in [4.69, 9.17) is 17.2 Å². The zero-order valence-corrected chi connectivity index (χ0v) is 22.6. The van der Waals surface area contributed by atoms with Gasteiger partial charge in [0.05, 0.1) is 12.4 Å². The molecule has 0 saturated carbocycles. The SMILES string of the molecule is CCC(C)C(N)C(=O)NC(CCCN=C(N)N)C(=O)NC(C(=O)NC(Cc1cnc[nH]1)C(=O)O)C(C)CC. The van der Waals surface area contributed by atoms with E-state index < -0.39 is 47.9 Å². The molecule has 0 bridgehead atoms. The minimum absolute atomic E-state index is 0.0147. The zero-order valence-electron chi connectivity index (χ0n) is 22.6. The first-order valence-electron chi connectivity index (χ1n) is 12.8. The Balaban J connectivity index is 3.06. The molecule has 3 amide bonds. The van der Waals surface area contributed by atoms with Gasteiger partial charge < -0.3 is 43.2 Å². The highest BCUT2D eigenvalue weighted by atomic mass is 16.4. The van der Waals surface area contributed by atoms with Crippen molar-refractivity contribution in [3.05, 3.63) is 18.2 Å². The molecule has 0 aromatic carbocycles. The van der Waals surface area contributed by atoms with Gasteiger partial charge in [0.1, 0.15) is 18.1 Å². The van der Waals surface area contributed by atoms with Gasteiger partial charge in [0, 0.05) is 24.9 Å². The van der Waals surface area contributed by atoms with Crippen molar-refractivity contribution in [1.82, 2.24) is 25.9 Å². The summed E-state index contributed by atoms with van der Waals surface area (Å²) >= 11 is 0. The van der Waals surface area contributed by atoms with E-state index in [0.717, 1.165) is 0 Å². The average Bonchev–Trinajstić information content (AvgIpc) is 3.39. The van der Waals surface area contributed by atoms with Crippen molar-refractivity contribution in [3.63, 3.8) is 0 Å². The number of H-pyrrole nitrogens is 1. The second-order valence-electron chi connectivity index (χ2n) is 9.47. The molecule has 0 aliphatic carbocycles. The molecule has 14 heteroatoms. The van der Waals surface area contributed by atoms with Crippen LogP contribution in [0.15, 0.2) is 17.5 Å². The number of aliphatic carboxylic acids is 1. The number of nitrogens with one attached hydrogen (secondary N) is 4. The van der Waals surface area contributed by atoms with Gasteiger partial charge in [0.15, 0.2) is 5.96 Å². The van der Waals surface area contributed by atoms with Crippen LogP contribution in [0.2, 0.25) is 0 Å². The summed E-state index contributed by atoms with van der Waals surface area (Å²) in [5, 5.41) is 17.5. The molecule has 0 aliphatic rings. The van der Waals surface area contributed by atoms with Crippen LogP contribution in [0.1, 0.15) is 59.1 Å². The number of carbonyl (C=O) groups is 4. The van der Waals surface area contributed by atoms with Crippen LogP contribution in [-0.2, 0) is 25.6 Å². The molecule has 1 aromatic heterocycles. The smallest absolute Gasteiger partial charge is 0.326 e. The predicted octanol–water partition coefficient (Wildman–Crippen LogP) is -1.04. The molecule has 1 rings (SSSR count). The molecule has 0 radical (unpaired) electrons. The Bertz CT molecular complexity index is 934. The molecule has 0 aliphatic heterocycles. The minimum atomic E-state index is -1.24. The summed E-state index contributed by atoms with van der Waals surface area (Å²) in [4.78, 5) is 61.6. The van der Waals surface area contributed by atoms with Crippen LogP contribution in [0.3, 0.4) is 0 Å². The number of aromatic nitrogens is 2. The number of guanidine groups is 1. The zero-order chi connectivity index (χ0) is 28.8. The van der Waals surface area contributed by atoms with Crippen LogP contribution in [0, 0.1) is 11.8 Å². The molecular formula is C24H43N9O5. The molecule has 11 N–H and O–H groups in total. The first kappa shape index (κ1) is 32.3. The number of amides is 3. The summed E-state index contributed by atoms with van der Waals surface area (Å²) in [6, 6.07) is -4.11. The predicted molar refractivity (Wildman–Crippen MR) is 143 cm³/mol. The van der Waals surface area contributed by atoms with E-state index in [1.165, 1.54) is 12.5 Å². The maximum absolute atomic E-state index is 13.3. The van der Waals surface area contributed by atoms with Crippen molar-refractivity contribution in [3.8, 4) is 0 Å². The Hall–Kier alpha value is -3.68. The fourth-order valence-corrected chi connectivity index (χ4v) is 3.59. The van der Waals surface area contributed by atoms with Crippen LogP contribution >= 0.6 is 0 Å². The van der Waals surface area contributed by atoms with Crippen molar-refractivity contribution in [2.24, 2.45) is 34.0 Å². The number of hydrogen-bond donors (Lipinski definition) is 8. The van der Waals surface area contributed by atoms with Gasteiger partial charge in [-0.25, -0.2) is 9.78 Å². The van der Waals surface area contributed by atoms with Gasteiger partial charge in [0.2, 0.25) is 17.7 Å². The number of carbonyl (C=O) groups excluding carboxylic acids is 3. The summed E-state index contributed by atoms with van der Waals surface area (Å²) < 4.78 is 0. The van der Waals surface area contributed by atoms with Crippen molar-refractivity contribution in [1.29, 1.82) is 0 Å². The van der Waals surface area contributed by atoms with E-state index in [2.05, 4.69) is 30.9 Å². The van der Waals surface area contributed by atoms with Crippen molar-refractivity contribution >= 4 is 29.7 Å². The number of carboxylic acid groups (broad SMARTS) is 1. The Morgan fingerprint density at radius 1 is 1.00 bits per heavy atom. The van der Waals surface area contributed by atoms with Gasteiger partial charge in [-0.15, -0.1) is 0 Å². The fourth-order valence-electron chi connectivity index (χ4n) is 3.59. The van der Waals surface area contributed by atoms with Crippen LogP contribution in [0.25, 0.3) is 0 Å². The highest BCUT2D eigenvalue weighted by molar-refractivity contribution is 5.94. The molecule has 0 saturated heterocycles. The van der Waals surface area contributed by atoms with E-state index >= 15 is 0 Å². The third-order valence-corrected chi connectivity index (χ3v) is 6.52. The van der Waals surface area contributed by atoms with Crippen LogP contribution in [0.5, 0.6) is 0 Å². The lowest BCUT2D eigenvalue weighted by atomic mass is 9.96. The average molecular weight is 538 g/mol. The van der Waals surface area contributed by atoms with Crippen molar-refractivity contribution in [2.45, 2.75) is 84.0 Å². The number of nitrogens with two attached hydrogens (primary N) is 3. The van der Waals surface area contributed by atoms with E-state index in [1.807, 2.05) is 20.8 Å². The highest BCUT2D eigenvalue weighted by Gasteiger charge is 2.33. The quantitative estimate of drug-likeness (QED) is 0.0686. The van der Waals surface area contributed by atoms with Crippen molar-refractivity contribution < 1.29 is 24.3 Å². The van der Waals surface area contributed by atoms with Crippen LogP contribution < -0.4 is 33.2 Å². The van der Waals surface area contributed by atoms with Gasteiger partial charge in [-0.05, 0) is 24.7 Å². The first-order chi connectivity index (χ1) is 17.9. The first-order valence-corrected chi connectivity index (χ1v) is 12.8. The maximum atomic E-state index is 13.3. The standard InChI is InChI=1S/C24H43N9O5/c1-5-13(3)18(25)21(35)31-16(8-7-9-29-24(26)27)20(34)33-19(14(4)6-2)22(36)32-17(23(37)38)10-15-11-28-12-30-15/h11-14,16-19H,5-10,25H2,1-4H3,(H,28,30)(H,31,35)(H,32,36)(H,33,34)(H,37,38)(H4,26,27,29). The molecule has 14 nitrogen and oxygen atoms in total. The topological polar surface area (TPSA) is 244 Å². The molecule has 1 aromatic rings. The number of hydrogen-bond acceptors (Lipinski definition) is 7. The summed E-state index contributed by atoms with van der Waals surface area (Å²) in [5.41, 5.74) is 17.3. The number of aliphatic imine (C=N–C) groups is 1. The van der Waals surface area contributed by atoms with Crippen molar-refractivity contribution in [2.75, 3.05) is 6.54 Å². The maximum Gasteiger partial charge on any atom is 0.326 e. The lowest BCUT2D eigenvalue weighted by Gasteiger charge is -2.28. The van der Waals surface area contributed by atoms with E-state index in [-0.39, 0.29) is 37.2 Å². The highest BCUT2D eigenvalue weighted by Crippen LogP contribution is 2.12. The minimum Gasteiger partial charge on any atom is -0.480 e.